The zero-order chi connectivity index (χ0) is 22.9. The number of benzene rings is 1. The molecule has 1 amide bonds. The first kappa shape index (κ1) is 21.4. The van der Waals surface area contributed by atoms with Crippen molar-refractivity contribution in [1.29, 1.82) is 0 Å². The smallest absolute Gasteiger partial charge is 0.352 e. The van der Waals surface area contributed by atoms with Crippen LogP contribution in [-0.4, -0.2) is 44.5 Å². The van der Waals surface area contributed by atoms with Gasteiger partial charge in [-0.15, -0.1) is 16.4 Å². The Bertz CT molecular complexity index is 1440. The Balaban J connectivity index is 1.45. The minimum absolute atomic E-state index is 0.102. The third-order valence-electron chi connectivity index (χ3n) is 5.72. The van der Waals surface area contributed by atoms with Crippen molar-refractivity contribution < 1.29 is 14.3 Å². The van der Waals surface area contributed by atoms with Crippen molar-refractivity contribution >= 4 is 33.2 Å². The van der Waals surface area contributed by atoms with Crippen molar-refractivity contribution in [3.63, 3.8) is 0 Å². The molecule has 4 aromatic rings. The van der Waals surface area contributed by atoms with Crippen molar-refractivity contribution in [3.05, 3.63) is 62.1 Å². The highest BCUT2D eigenvalue weighted by atomic mass is 32.1. The molecule has 1 atom stereocenters. The van der Waals surface area contributed by atoms with E-state index in [4.69, 9.17) is 9.47 Å². The average molecular weight is 470 g/mol. The topological polar surface area (TPSA) is 109 Å². The largest absolute Gasteiger partial charge is 0.497 e. The summed E-state index contributed by atoms with van der Waals surface area (Å²) >= 11 is 1.28. The predicted octanol–water partition coefficient (Wildman–Crippen LogP) is 1.38. The predicted molar refractivity (Wildman–Crippen MR) is 123 cm³/mol. The number of fused-ring (bicyclic) bond motifs is 3. The summed E-state index contributed by atoms with van der Waals surface area (Å²) in [6.45, 7) is 1.00. The Kier molecular flexibility index (Phi) is 5.73. The first-order valence-corrected chi connectivity index (χ1v) is 11.5. The number of ether oxygens (including phenoxy) is 2. The molecule has 0 unspecified atom stereocenters. The van der Waals surface area contributed by atoms with Crippen molar-refractivity contribution in [2.75, 3.05) is 13.7 Å². The number of methoxy groups -OCH3 is 1. The molecule has 0 spiro atoms. The Morgan fingerprint density at radius 2 is 2.21 bits per heavy atom. The van der Waals surface area contributed by atoms with Gasteiger partial charge in [0.25, 0.3) is 5.56 Å². The molecule has 3 aromatic heterocycles. The second kappa shape index (κ2) is 8.83. The SMILES string of the molecule is COc1cccc(CNC(=O)Cn2nc3n(C[C@@H]4CCCO4)c(=O)c4sccc4n3c2=O)c1. The maximum absolute atomic E-state index is 13.2. The van der Waals surface area contributed by atoms with E-state index in [1.165, 1.54) is 20.3 Å². The molecule has 172 valence electrons. The van der Waals surface area contributed by atoms with E-state index < -0.39 is 5.69 Å². The van der Waals surface area contributed by atoms with Crippen LogP contribution in [-0.2, 0) is 29.2 Å². The Labute approximate surface area is 192 Å². The van der Waals surface area contributed by atoms with Gasteiger partial charge in [-0.25, -0.2) is 13.9 Å². The second-order valence-corrected chi connectivity index (χ2v) is 8.81. The number of aromatic nitrogens is 4. The number of hydrogen-bond acceptors (Lipinski definition) is 7. The van der Waals surface area contributed by atoms with Crippen LogP contribution in [0.5, 0.6) is 5.75 Å². The molecule has 4 heterocycles. The van der Waals surface area contributed by atoms with Crippen LogP contribution in [0.3, 0.4) is 0 Å². The van der Waals surface area contributed by atoms with Gasteiger partial charge >= 0.3 is 5.69 Å². The maximum Gasteiger partial charge on any atom is 0.352 e. The maximum atomic E-state index is 13.2. The first-order valence-electron chi connectivity index (χ1n) is 10.7. The first-order chi connectivity index (χ1) is 16.0. The fourth-order valence-corrected chi connectivity index (χ4v) is 4.89. The van der Waals surface area contributed by atoms with Crippen LogP contribution < -0.4 is 21.3 Å². The molecule has 0 aliphatic carbocycles. The third kappa shape index (κ3) is 4.05. The Hall–Kier alpha value is -3.44. The van der Waals surface area contributed by atoms with Gasteiger partial charge in [-0.2, -0.15) is 0 Å². The quantitative estimate of drug-likeness (QED) is 0.438. The van der Waals surface area contributed by atoms with Crippen molar-refractivity contribution in [3.8, 4) is 5.75 Å². The molecular weight excluding hydrogens is 446 g/mol. The van der Waals surface area contributed by atoms with Gasteiger partial charge in [0.1, 0.15) is 17.0 Å². The fourth-order valence-electron chi connectivity index (χ4n) is 4.07. The average Bonchev–Trinajstić information content (AvgIpc) is 3.57. The molecule has 1 fully saturated rings. The molecule has 1 aromatic carbocycles. The van der Waals surface area contributed by atoms with E-state index in [-0.39, 0.29) is 36.4 Å². The molecule has 33 heavy (non-hydrogen) atoms. The zero-order valence-corrected chi connectivity index (χ0v) is 18.8. The number of nitrogens with one attached hydrogen (secondary N) is 1. The van der Waals surface area contributed by atoms with Crippen LogP contribution >= 0.6 is 11.3 Å². The summed E-state index contributed by atoms with van der Waals surface area (Å²) in [6, 6.07) is 9.09. The molecule has 5 rings (SSSR count). The molecule has 0 bridgehead atoms. The summed E-state index contributed by atoms with van der Waals surface area (Å²) in [5, 5.41) is 8.93. The second-order valence-electron chi connectivity index (χ2n) is 7.89. The van der Waals surface area contributed by atoms with Crippen LogP contribution in [0, 0.1) is 0 Å². The lowest BCUT2D eigenvalue weighted by molar-refractivity contribution is -0.122. The van der Waals surface area contributed by atoms with Crippen molar-refractivity contribution in [1.82, 2.24) is 24.1 Å². The summed E-state index contributed by atoms with van der Waals surface area (Å²) in [4.78, 5) is 38.8. The molecular formula is C22H23N5O5S. The summed E-state index contributed by atoms with van der Waals surface area (Å²) in [5.74, 6) is 0.548. The van der Waals surface area contributed by atoms with E-state index in [0.717, 1.165) is 23.1 Å². The molecule has 11 heteroatoms. The van der Waals surface area contributed by atoms with Gasteiger partial charge in [0.15, 0.2) is 0 Å². The van der Waals surface area contributed by atoms with E-state index in [9.17, 15) is 14.4 Å². The third-order valence-corrected chi connectivity index (χ3v) is 6.61. The van der Waals surface area contributed by atoms with Crippen LogP contribution in [0.2, 0.25) is 0 Å². The van der Waals surface area contributed by atoms with Gasteiger partial charge in [0, 0.05) is 13.2 Å². The Morgan fingerprint density at radius 1 is 1.33 bits per heavy atom. The number of carbonyl (C=O) groups excluding carboxylic acids is 1. The van der Waals surface area contributed by atoms with Gasteiger partial charge in [-0.1, -0.05) is 12.1 Å². The fraction of sp³-hybridized carbons (Fsp3) is 0.364. The summed E-state index contributed by atoms with van der Waals surface area (Å²) in [6.07, 6.45) is 1.68. The lowest BCUT2D eigenvalue weighted by Gasteiger charge is -2.12. The van der Waals surface area contributed by atoms with Crippen molar-refractivity contribution in [2.45, 2.75) is 38.6 Å². The summed E-state index contributed by atoms with van der Waals surface area (Å²) < 4.78 is 15.4. The molecule has 0 saturated carbocycles. The van der Waals surface area contributed by atoms with Crippen molar-refractivity contribution in [2.24, 2.45) is 0 Å². The highest BCUT2D eigenvalue weighted by molar-refractivity contribution is 7.17. The van der Waals surface area contributed by atoms with Gasteiger partial charge in [0.05, 0.1) is 25.3 Å². The van der Waals surface area contributed by atoms with E-state index >= 15 is 0 Å². The molecule has 1 saturated heterocycles. The highest BCUT2D eigenvalue weighted by Crippen LogP contribution is 2.19. The van der Waals surface area contributed by atoms with Gasteiger partial charge in [-0.05, 0) is 42.0 Å². The lowest BCUT2D eigenvalue weighted by atomic mass is 10.2. The van der Waals surface area contributed by atoms with Gasteiger partial charge < -0.3 is 14.8 Å². The lowest BCUT2D eigenvalue weighted by Crippen LogP contribution is -2.32. The number of carbonyl (C=O) groups is 1. The minimum atomic E-state index is -0.467. The van der Waals surface area contributed by atoms with E-state index in [2.05, 4.69) is 10.4 Å². The number of nitrogens with zero attached hydrogens (tertiary/aromatic N) is 4. The number of rotatable bonds is 7. The van der Waals surface area contributed by atoms with Crippen LogP contribution in [0.4, 0.5) is 0 Å². The number of hydrogen-bond donors (Lipinski definition) is 1. The molecule has 1 N–H and O–H groups in total. The van der Waals surface area contributed by atoms with Gasteiger partial charge in [-0.3, -0.25) is 14.2 Å². The highest BCUT2D eigenvalue weighted by Gasteiger charge is 2.23. The minimum Gasteiger partial charge on any atom is -0.497 e. The number of amides is 1. The molecule has 1 aliphatic heterocycles. The van der Waals surface area contributed by atoms with E-state index in [0.29, 0.717) is 29.1 Å². The molecule has 0 radical (unpaired) electrons. The van der Waals surface area contributed by atoms with Crippen LogP contribution in [0.25, 0.3) is 16.0 Å². The normalized spacial score (nSPS) is 16.0. The zero-order valence-electron chi connectivity index (χ0n) is 18.0. The van der Waals surface area contributed by atoms with Crippen LogP contribution in [0.15, 0.2) is 45.3 Å². The molecule has 10 nitrogen and oxygen atoms in total. The molecule has 1 aliphatic rings. The number of thiophene rings is 1. The van der Waals surface area contributed by atoms with Gasteiger partial charge in [0.2, 0.25) is 11.7 Å². The summed E-state index contributed by atoms with van der Waals surface area (Å²) in [7, 11) is 1.58. The van der Waals surface area contributed by atoms with Crippen LogP contribution in [0.1, 0.15) is 18.4 Å². The van der Waals surface area contributed by atoms with E-state index in [1.54, 1.807) is 18.6 Å². The summed E-state index contributed by atoms with van der Waals surface area (Å²) in [5.41, 5.74) is 0.695. The Morgan fingerprint density at radius 3 is 3.00 bits per heavy atom. The van der Waals surface area contributed by atoms with E-state index in [1.807, 2.05) is 24.3 Å². The monoisotopic (exact) mass is 469 g/mol. The standard InChI is InChI=1S/C22H23N5O5S/c1-31-15-5-2-4-14(10-15)11-23-18(28)13-26-22(30)27-17-7-9-33-19(17)20(29)25(21(27)24-26)12-16-6-3-8-32-16/h2,4-5,7,9-10,16H,3,6,8,11-13H2,1H3,(H,23,28)/t16-/m0/s1.